The number of ketones is 1. The largest absolute Gasteiger partial charge is 0.324 e. The first-order chi connectivity index (χ1) is 14.6. The number of carbonyl (C=O) groups is 2. The van der Waals surface area contributed by atoms with E-state index in [9.17, 15) is 9.59 Å². The van der Waals surface area contributed by atoms with Gasteiger partial charge in [-0.05, 0) is 31.0 Å². The van der Waals surface area contributed by atoms with Crippen molar-refractivity contribution in [3.8, 4) is 0 Å². The first-order valence-corrected chi connectivity index (χ1v) is 10.2. The lowest BCUT2D eigenvalue weighted by Crippen LogP contribution is -2.39. The number of anilines is 1. The highest BCUT2D eigenvalue weighted by Gasteiger charge is 2.23. The number of hydrogen-bond donors (Lipinski definition) is 1. The summed E-state index contributed by atoms with van der Waals surface area (Å²) < 4.78 is 1.88. The van der Waals surface area contributed by atoms with E-state index in [2.05, 4.69) is 20.3 Å². The van der Waals surface area contributed by atoms with Gasteiger partial charge in [-0.15, -0.1) is 0 Å². The fraction of sp³-hybridized carbons (Fsp3) is 0.273. The van der Waals surface area contributed by atoms with Gasteiger partial charge in [0.15, 0.2) is 5.78 Å². The zero-order valence-corrected chi connectivity index (χ0v) is 17.1. The molecule has 1 saturated heterocycles. The normalized spacial score (nSPS) is 15.1. The van der Waals surface area contributed by atoms with E-state index < -0.39 is 0 Å². The first-order valence-electron chi connectivity index (χ1n) is 9.86. The smallest absolute Gasteiger partial charge is 0.238 e. The SMILES string of the molecule is O=C(CN1CCC(n2cncn2)CC1)Nc1ccc(Cl)cc1C(=O)c1ccccc1. The van der Waals surface area contributed by atoms with Crippen LogP contribution in [-0.4, -0.2) is 51.0 Å². The average Bonchev–Trinajstić information content (AvgIpc) is 3.30. The predicted octanol–water partition coefficient (Wildman–Crippen LogP) is 3.44. The lowest BCUT2D eigenvalue weighted by Gasteiger charge is -2.31. The number of hydrogen-bond acceptors (Lipinski definition) is 5. The third-order valence-corrected chi connectivity index (χ3v) is 5.51. The number of amides is 1. The number of rotatable bonds is 6. The number of piperidine rings is 1. The second kappa shape index (κ2) is 9.19. The van der Waals surface area contributed by atoms with E-state index >= 15 is 0 Å². The van der Waals surface area contributed by atoms with Crippen molar-refractivity contribution >= 4 is 29.0 Å². The summed E-state index contributed by atoms with van der Waals surface area (Å²) in [7, 11) is 0. The Morgan fingerprint density at radius 2 is 1.87 bits per heavy atom. The number of nitrogens with zero attached hydrogens (tertiary/aromatic N) is 4. The van der Waals surface area contributed by atoms with Crippen LogP contribution < -0.4 is 5.32 Å². The van der Waals surface area contributed by atoms with Gasteiger partial charge in [0, 0.05) is 29.2 Å². The highest BCUT2D eigenvalue weighted by atomic mass is 35.5. The molecule has 1 aliphatic heterocycles. The van der Waals surface area contributed by atoms with E-state index in [-0.39, 0.29) is 18.2 Å². The summed E-state index contributed by atoms with van der Waals surface area (Å²) in [5.74, 6) is -0.333. The molecule has 4 rings (SSSR count). The van der Waals surface area contributed by atoms with Crippen molar-refractivity contribution in [1.82, 2.24) is 19.7 Å². The maximum absolute atomic E-state index is 12.9. The van der Waals surface area contributed by atoms with Gasteiger partial charge in [0.1, 0.15) is 12.7 Å². The third kappa shape index (κ3) is 4.75. The molecule has 1 fully saturated rings. The van der Waals surface area contributed by atoms with Crippen LogP contribution in [0.25, 0.3) is 0 Å². The van der Waals surface area contributed by atoms with Gasteiger partial charge in [0.25, 0.3) is 0 Å². The molecule has 0 saturated carbocycles. The van der Waals surface area contributed by atoms with Crippen molar-refractivity contribution < 1.29 is 9.59 Å². The zero-order valence-electron chi connectivity index (χ0n) is 16.4. The number of nitrogens with one attached hydrogen (secondary N) is 1. The molecular weight excluding hydrogens is 402 g/mol. The molecule has 0 aliphatic carbocycles. The standard InChI is InChI=1S/C22H22ClN5O2/c23-17-6-7-20(19(12-17)22(30)16-4-2-1-3-5-16)26-21(29)13-27-10-8-18(9-11-27)28-15-24-14-25-28/h1-7,12,14-15,18H,8-11,13H2,(H,26,29). The summed E-state index contributed by atoms with van der Waals surface area (Å²) in [5, 5.41) is 7.54. The molecule has 2 heterocycles. The predicted molar refractivity (Wildman–Crippen MR) is 115 cm³/mol. The van der Waals surface area contributed by atoms with Crippen molar-refractivity contribution in [2.24, 2.45) is 0 Å². The van der Waals surface area contributed by atoms with Gasteiger partial charge >= 0.3 is 0 Å². The first kappa shape index (κ1) is 20.3. The van der Waals surface area contributed by atoms with Crippen LogP contribution in [0.15, 0.2) is 61.2 Å². The van der Waals surface area contributed by atoms with Crippen LogP contribution >= 0.6 is 11.6 Å². The molecule has 0 bridgehead atoms. The van der Waals surface area contributed by atoms with Crippen LogP contribution in [0.1, 0.15) is 34.8 Å². The van der Waals surface area contributed by atoms with Crippen molar-refractivity contribution in [3.05, 3.63) is 77.3 Å². The molecule has 2 aromatic carbocycles. The molecular formula is C22H22ClN5O2. The van der Waals surface area contributed by atoms with Gasteiger partial charge < -0.3 is 5.32 Å². The summed E-state index contributed by atoms with van der Waals surface area (Å²) in [5.41, 5.74) is 1.40. The van der Waals surface area contributed by atoms with E-state index in [0.29, 0.717) is 27.9 Å². The minimum absolute atomic E-state index is 0.154. The van der Waals surface area contributed by atoms with E-state index in [1.807, 2.05) is 10.7 Å². The molecule has 7 nitrogen and oxygen atoms in total. The molecule has 0 unspecified atom stereocenters. The summed E-state index contributed by atoms with van der Waals surface area (Å²) >= 11 is 6.11. The molecule has 8 heteroatoms. The van der Waals surface area contributed by atoms with Crippen LogP contribution in [0, 0.1) is 0 Å². The quantitative estimate of drug-likeness (QED) is 0.614. The minimum atomic E-state index is -0.179. The van der Waals surface area contributed by atoms with Crippen molar-refractivity contribution in [2.45, 2.75) is 18.9 Å². The molecule has 1 N–H and O–H groups in total. The highest BCUT2D eigenvalue weighted by Crippen LogP contribution is 2.24. The van der Waals surface area contributed by atoms with Crippen LogP contribution in [0.3, 0.4) is 0 Å². The molecule has 3 aromatic rings. The van der Waals surface area contributed by atoms with Gasteiger partial charge in [-0.25, -0.2) is 9.67 Å². The Balaban J connectivity index is 1.40. The van der Waals surface area contributed by atoms with E-state index in [4.69, 9.17) is 11.6 Å². The fourth-order valence-electron chi connectivity index (χ4n) is 3.70. The van der Waals surface area contributed by atoms with Crippen LogP contribution in [-0.2, 0) is 4.79 Å². The van der Waals surface area contributed by atoms with E-state index in [0.717, 1.165) is 25.9 Å². The number of likely N-dealkylation sites (tertiary alicyclic amines) is 1. The van der Waals surface area contributed by atoms with Crippen LogP contribution in [0.4, 0.5) is 5.69 Å². The topological polar surface area (TPSA) is 80.1 Å². The molecule has 1 aromatic heterocycles. The Bertz CT molecular complexity index is 1020. The molecule has 0 atom stereocenters. The van der Waals surface area contributed by atoms with Crippen LogP contribution in [0.2, 0.25) is 5.02 Å². The maximum Gasteiger partial charge on any atom is 0.238 e. The van der Waals surface area contributed by atoms with Gasteiger partial charge in [-0.1, -0.05) is 41.9 Å². The van der Waals surface area contributed by atoms with Gasteiger partial charge in [0.05, 0.1) is 18.3 Å². The summed E-state index contributed by atoms with van der Waals surface area (Å²) in [4.78, 5) is 31.7. The fourth-order valence-corrected chi connectivity index (χ4v) is 3.87. The molecule has 0 spiro atoms. The number of carbonyl (C=O) groups excluding carboxylic acids is 2. The summed E-state index contributed by atoms with van der Waals surface area (Å²) in [6.45, 7) is 1.87. The van der Waals surface area contributed by atoms with Crippen molar-refractivity contribution in [2.75, 3.05) is 25.0 Å². The second-order valence-corrected chi connectivity index (χ2v) is 7.75. The summed E-state index contributed by atoms with van der Waals surface area (Å²) in [6.07, 6.45) is 5.10. The monoisotopic (exact) mass is 423 g/mol. The lowest BCUT2D eigenvalue weighted by atomic mass is 10.0. The van der Waals surface area contributed by atoms with Gasteiger partial charge in [0.2, 0.25) is 5.91 Å². The van der Waals surface area contributed by atoms with E-state index in [1.54, 1.807) is 55.1 Å². The maximum atomic E-state index is 12.9. The number of benzene rings is 2. The molecule has 0 radical (unpaired) electrons. The highest BCUT2D eigenvalue weighted by molar-refractivity contribution is 6.31. The van der Waals surface area contributed by atoms with Crippen molar-refractivity contribution in [3.63, 3.8) is 0 Å². The number of aromatic nitrogens is 3. The molecule has 30 heavy (non-hydrogen) atoms. The Morgan fingerprint density at radius 1 is 1.10 bits per heavy atom. The Labute approximate surface area is 179 Å². The average molecular weight is 424 g/mol. The van der Waals surface area contributed by atoms with Gasteiger partial charge in [-0.3, -0.25) is 14.5 Å². The number of halogens is 1. The van der Waals surface area contributed by atoms with Crippen LogP contribution in [0.5, 0.6) is 0 Å². The van der Waals surface area contributed by atoms with E-state index in [1.165, 1.54) is 0 Å². The Hall–Kier alpha value is -3.03. The zero-order chi connectivity index (χ0) is 20.9. The third-order valence-electron chi connectivity index (χ3n) is 5.27. The van der Waals surface area contributed by atoms with Crippen molar-refractivity contribution in [1.29, 1.82) is 0 Å². The minimum Gasteiger partial charge on any atom is -0.324 e. The Kier molecular flexibility index (Phi) is 6.21. The molecule has 1 amide bonds. The second-order valence-electron chi connectivity index (χ2n) is 7.32. The molecule has 154 valence electrons. The lowest BCUT2D eigenvalue weighted by molar-refractivity contribution is -0.117. The van der Waals surface area contributed by atoms with Gasteiger partial charge in [-0.2, -0.15) is 5.10 Å². The molecule has 1 aliphatic rings. The Morgan fingerprint density at radius 3 is 2.57 bits per heavy atom. The summed E-state index contributed by atoms with van der Waals surface area (Å²) in [6, 6.07) is 14.2.